The molecule has 0 unspecified atom stereocenters. The van der Waals surface area contributed by atoms with Crippen molar-refractivity contribution >= 4 is 17.4 Å². The minimum Gasteiger partial charge on any atom is -0.395 e. The summed E-state index contributed by atoms with van der Waals surface area (Å²) >= 11 is 0. The Balaban J connectivity index is 1.30. The van der Waals surface area contributed by atoms with E-state index >= 15 is 0 Å². The minimum absolute atomic E-state index is 0.0736. The Morgan fingerprint density at radius 3 is 2.55 bits per heavy atom. The van der Waals surface area contributed by atoms with E-state index in [9.17, 15) is 18.0 Å². The summed E-state index contributed by atoms with van der Waals surface area (Å²) in [6.45, 7) is 3.19. The van der Waals surface area contributed by atoms with Crippen LogP contribution in [0.3, 0.4) is 0 Å². The van der Waals surface area contributed by atoms with Gasteiger partial charge in [0.1, 0.15) is 5.82 Å². The smallest absolute Gasteiger partial charge is 0.395 e. The fourth-order valence-electron chi connectivity index (χ4n) is 5.40. The van der Waals surface area contributed by atoms with E-state index in [1.165, 1.54) is 12.1 Å². The molecule has 1 saturated heterocycles. The third-order valence-corrected chi connectivity index (χ3v) is 7.36. The molecule has 38 heavy (non-hydrogen) atoms. The number of piperidine rings is 1. The van der Waals surface area contributed by atoms with Gasteiger partial charge in [-0.2, -0.15) is 13.2 Å². The first-order valence-corrected chi connectivity index (χ1v) is 13.0. The Labute approximate surface area is 220 Å². The number of fused-ring (bicyclic) bond motifs is 1. The number of hydrogen-bond acceptors (Lipinski definition) is 5. The molecule has 200 valence electrons. The number of nitrogens with zero attached hydrogens (tertiary/aromatic N) is 3. The molecule has 0 bridgehead atoms. The van der Waals surface area contributed by atoms with E-state index in [4.69, 9.17) is 5.11 Å². The SMILES string of the molecule is O=C(NC1CCN(CCO)CC1)c1cccc2c1CCN2c1cc(Cc2cccc(C(F)(F)F)c2)ccn1. The molecule has 1 amide bonds. The molecule has 0 radical (unpaired) electrons. The van der Waals surface area contributed by atoms with Crippen molar-refractivity contribution in [3.8, 4) is 0 Å². The normalized spacial score (nSPS) is 16.5. The van der Waals surface area contributed by atoms with Crippen LogP contribution in [-0.4, -0.2) is 59.7 Å². The van der Waals surface area contributed by atoms with Crippen LogP contribution >= 0.6 is 0 Å². The lowest BCUT2D eigenvalue weighted by atomic mass is 10.0. The number of nitrogens with one attached hydrogen (secondary N) is 1. The first-order valence-electron chi connectivity index (χ1n) is 13.0. The van der Waals surface area contributed by atoms with E-state index in [0.29, 0.717) is 42.9 Å². The maximum atomic E-state index is 13.2. The number of aromatic nitrogens is 1. The number of aliphatic hydroxyl groups is 1. The van der Waals surface area contributed by atoms with Crippen LogP contribution in [-0.2, 0) is 19.0 Å². The van der Waals surface area contributed by atoms with Crippen LogP contribution in [0.25, 0.3) is 0 Å². The van der Waals surface area contributed by atoms with Crippen molar-refractivity contribution in [1.29, 1.82) is 0 Å². The number of carbonyl (C=O) groups is 1. The number of halogens is 3. The molecule has 2 aromatic carbocycles. The predicted octanol–water partition coefficient (Wildman–Crippen LogP) is 4.57. The van der Waals surface area contributed by atoms with Gasteiger partial charge in [0.25, 0.3) is 5.91 Å². The maximum absolute atomic E-state index is 13.2. The molecule has 2 aliphatic heterocycles. The van der Waals surface area contributed by atoms with E-state index in [2.05, 4.69) is 20.1 Å². The molecule has 3 heterocycles. The number of pyridine rings is 1. The molecule has 3 aromatic rings. The second kappa shape index (κ2) is 11.1. The van der Waals surface area contributed by atoms with Crippen LogP contribution in [0.4, 0.5) is 24.7 Å². The van der Waals surface area contributed by atoms with Crippen LogP contribution in [0.1, 0.15) is 45.5 Å². The molecule has 0 aliphatic carbocycles. The van der Waals surface area contributed by atoms with Gasteiger partial charge in [0.05, 0.1) is 12.2 Å². The minimum atomic E-state index is -4.38. The lowest BCUT2D eigenvalue weighted by molar-refractivity contribution is -0.137. The summed E-state index contributed by atoms with van der Waals surface area (Å²) in [7, 11) is 0. The van der Waals surface area contributed by atoms with Crippen molar-refractivity contribution in [3.63, 3.8) is 0 Å². The third-order valence-electron chi connectivity index (χ3n) is 7.36. The average Bonchev–Trinajstić information content (AvgIpc) is 3.34. The van der Waals surface area contributed by atoms with Gasteiger partial charge >= 0.3 is 6.18 Å². The van der Waals surface area contributed by atoms with Crippen LogP contribution < -0.4 is 10.2 Å². The largest absolute Gasteiger partial charge is 0.416 e. The Morgan fingerprint density at radius 1 is 1.03 bits per heavy atom. The molecule has 1 aromatic heterocycles. The summed E-state index contributed by atoms with van der Waals surface area (Å²) in [6, 6.07) is 14.9. The fourth-order valence-corrected chi connectivity index (χ4v) is 5.40. The van der Waals surface area contributed by atoms with Crippen LogP contribution in [0.2, 0.25) is 0 Å². The van der Waals surface area contributed by atoms with Gasteiger partial charge in [-0.05, 0) is 72.7 Å². The van der Waals surface area contributed by atoms with E-state index in [1.807, 2.05) is 30.3 Å². The molecule has 2 N–H and O–H groups in total. The Hall–Kier alpha value is -3.43. The van der Waals surface area contributed by atoms with Crippen LogP contribution in [0, 0.1) is 0 Å². The Morgan fingerprint density at radius 2 is 1.79 bits per heavy atom. The molecule has 0 atom stereocenters. The zero-order valence-electron chi connectivity index (χ0n) is 21.0. The summed E-state index contributed by atoms with van der Waals surface area (Å²) in [4.78, 5) is 22.0. The number of carbonyl (C=O) groups excluding carboxylic acids is 1. The molecule has 0 saturated carbocycles. The zero-order valence-corrected chi connectivity index (χ0v) is 21.0. The molecule has 2 aliphatic rings. The third kappa shape index (κ3) is 5.84. The quantitative estimate of drug-likeness (QED) is 0.474. The number of alkyl halides is 3. The van der Waals surface area contributed by atoms with Gasteiger partial charge in [0, 0.05) is 49.7 Å². The number of anilines is 2. The standard InChI is InChI=1S/C29H31F3N4O2/c30-29(31,32)22-4-1-3-20(18-22)17-21-7-11-33-27(19-21)36-14-10-24-25(5-2-6-26(24)36)28(38)34-23-8-12-35(13-9-23)15-16-37/h1-7,11,18-19,23,37H,8-10,12-17H2,(H,34,38). The van der Waals surface area contributed by atoms with Gasteiger partial charge in [0.15, 0.2) is 0 Å². The highest BCUT2D eigenvalue weighted by molar-refractivity contribution is 5.98. The summed E-state index contributed by atoms with van der Waals surface area (Å²) in [5.74, 6) is 0.637. The number of amides is 1. The molecule has 5 rings (SSSR count). The van der Waals surface area contributed by atoms with Crippen LogP contribution in [0.5, 0.6) is 0 Å². The number of rotatable bonds is 7. The first-order chi connectivity index (χ1) is 18.3. The molecular weight excluding hydrogens is 493 g/mol. The highest BCUT2D eigenvalue weighted by Crippen LogP contribution is 2.36. The summed E-state index contributed by atoms with van der Waals surface area (Å²) in [5, 5.41) is 12.3. The second-order valence-corrected chi connectivity index (χ2v) is 9.92. The van der Waals surface area contributed by atoms with Crippen molar-refractivity contribution in [2.75, 3.05) is 37.7 Å². The topological polar surface area (TPSA) is 68.7 Å². The van der Waals surface area contributed by atoms with E-state index in [0.717, 1.165) is 48.8 Å². The molecule has 0 spiro atoms. The van der Waals surface area contributed by atoms with Crippen molar-refractivity contribution in [1.82, 2.24) is 15.2 Å². The number of hydrogen-bond donors (Lipinski definition) is 2. The van der Waals surface area contributed by atoms with Crippen molar-refractivity contribution in [2.45, 2.75) is 37.9 Å². The number of benzene rings is 2. The van der Waals surface area contributed by atoms with E-state index in [-0.39, 0.29) is 18.6 Å². The number of β-amino-alcohol motifs (C(OH)–C–C–N with tert-alkyl or cyclic N) is 1. The van der Waals surface area contributed by atoms with Crippen molar-refractivity contribution in [3.05, 3.63) is 88.6 Å². The van der Waals surface area contributed by atoms with Gasteiger partial charge in [-0.25, -0.2) is 4.98 Å². The number of likely N-dealkylation sites (tertiary alicyclic amines) is 1. The summed E-state index contributed by atoms with van der Waals surface area (Å²) in [6.07, 6.45) is 0.0774. The summed E-state index contributed by atoms with van der Waals surface area (Å²) < 4.78 is 39.4. The predicted molar refractivity (Wildman–Crippen MR) is 140 cm³/mol. The number of aliphatic hydroxyl groups excluding tert-OH is 1. The average molecular weight is 525 g/mol. The first kappa shape index (κ1) is 26.2. The fraction of sp³-hybridized carbons (Fsp3) is 0.379. The van der Waals surface area contributed by atoms with Gasteiger partial charge in [0.2, 0.25) is 0 Å². The Bertz CT molecular complexity index is 1290. The lowest BCUT2D eigenvalue weighted by Gasteiger charge is -2.32. The highest BCUT2D eigenvalue weighted by Gasteiger charge is 2.31. The van der Waals surface area contributed by atoms with Crippen LogP contribution in [0.15, 0.2) is 60.8 Å². The molecular formula is C29H31F3N4O2. The van der Waals surface area contributed by atoms with Crippen molar-refractivity contribution < 1.29 is 23.1 Å². The lowest BCUT2D eigenvalue weighted by Crippen LogP contribution is -2.45. The molecule has 9 heteroatoms. The van der Waals surface area contributed by atoms with Gasteiger partial charge in [-0.3, -0.25) is 4.79 Å². The second-order valence-electron chi connectivity index (χ2n) is 9.92. The maximum Gasteiger partial charge on any atom is 0.416 e. The van der Waals surface area contributed by atoms with Crippen molar-refractivity contribution in [2.24, 2.45) is 0 Å². The highest BCUT2D eigenvalue weighted by atomic mass is 19.4. The molecule has 6 nitrogen and oxygen atoms in total. The van der Waals surface area contributed by atoms with Gasteiger partial charge in [-0.15, -0.1) is 0 Å². The molecule has 1 fully saturated rings. The van der Waals surface area contributed by atoms with Gasteiger partial charge in [-0.1, -0.05) is 24.3 Å². The Kier molecular flexibility index (Phi) is 7.67. The van der Waals surface area contributed by atoms with E-state index in [1.54, 1.807) is 12.3 Å². The monoisotopic (exact) mass is 524 g/mol. The van der Waals surface area contributed by atoms with Gasteiger partial charge < -0.3 is 20.2 Å². The summed E-state index contributed by atoms with van der Waals surface area (Å²) in [5.41, 5.74) is 3.37. The van der Waals surface area contributed by atoms with E-state index < -0.39 is 11.7 Å². The zero-order chi connectivity index (χ0) is 26.7.